The number of carbonyl (C=O) groups is 1. The molecule has 0 atom stereocenters. The molecule has 0 aliphatic carbocycles. The van der Waals surface area contributed by atoms with Gasteiger partial charge < -0.3 is 9.16 Å². The van der Waals surface area contributed by atoms with E-state index in [2.05, 4.69) is 69.3 Å². The summed E-state index contributed by atoms with van der Waals surface area (Å²) in [6, 6.07) is 21.1. The molecule has 4 heteroatoms. The van der Waals surface area contributed by atoms with Crippen molar-refractivity contribution in [1.29, 1.82) is 0 Å². The molecule has 0 N–H and O–H groups in total. The van der Waals surface area contributed by atoms with Gasteiger partial charge in [0.2, 0.25) is 0 Å². The highest BCUT2D eigenvalue weighted by Gasteiger charge is 2.49. The van der Waals surface area contributed by atoms with Crippen LogP contribution in [0.4, 0.5) is 0 Å². The van der Waals surface area contributed by atoms with E-state index in [1.165, 1.54) is 23.6 Å². The van der Waals surface area contributed by atoms with E-state index < -0.39 is 8.32 Å². The Morgan fingerprint density at radius 3 is 1.85 bits per heavy atom. The topological polar surface area (TPSA) is 35.5 Å². The molecule has 0 aliphatic heterocycles. The van der Waals surface area contributed by atoms with Gasteiger partial charge in [0.25, 0.3) is 8.32 Å². The van der Waals surface area contributed by atoms with Crippen LogP contribution in [0.3, 0.4) is 0 Å². The zero-order valence-electron chi connectivity index (χ0n) is 17.0. The number of hydrogen-bond acceptors (Lipinski definition) is 3. The summed E-state index contributed by atoms with van der Waals surface area (Å²) in [6.07, 6.45) is 2.23. The second kappa shape index (κ2) is 9.15. The summed E-state index contributed by atoms with van der Waals surface area (Å²) in [6.45, 7) is 9.28. The quantitative estimate of drug-likeness (QED) is 0.411. The molecule has 27 heavy (non-hydrogen) atoms. The Morgan fingerprint density at radius 2 is 1.44 bits per heavy atom. The zero-order chi connectivity index (χ0) is 19.9. The first kappa shape index (κ1) is 21.1. The Hall–Kier alpha value is -2.17. The van der Waals surface area contributed by atoms with Crippen molar-refractivity contribution in [2.24, 2.45) is 0 Å². The van der Waals surface area contributed by atoms with Crippen LogP contribution in [0.1, 0.15) is 34.1 Å². The average molecular weight is 383 g/mol. The number of methoxy groups -OCH3 is 1. The summed E-state index contributed by atoms with van der Waals surface area (Å²) in [5.74, 6) is -0.321. The summed E-state index contributed by atoms with van der Waals surface area (Å²) in [4.78, 5) is 11.5. The molecule has 2 aromatic rings. The van der Waals surface area contributed by atoms with E-state index in [4.69, 9.17) is 9.16 Å². The first-order chi connectivity index (χ1) is 12.8. The lowest BCUT2D eigenvalue weighted by Gasteiger charge is -2.43. The third-order valence-electron chi connectivity index (χ3n) is 4.80. The van der Waals surface area contributed by atoms with E-state index in [1.54, 1.807) is 0 Å². The maximum Gasteiger partial charge on any atom is 0.330 e. The molecule has 2 rings (SSSR count). The van der Waals surface area contributed by atoms with Crippen LogP contribution < -0.4 is 10.4 Å². The fraction of sp³-hybridized carbons (Fsp3) is 0.348. The third kappa shape index (κ3) is 4.96. The standard InChI is InChI=1S/C23H30O3Si/c1-19(18-22(24)25-5)16-17-26-27(23(2,3)4,20-12-8-6-9-13-20)21-14-10-7-11-15-21/h6-15,18H,16-17H2,1-5H3/b19-18-. The molecule has 0 unspecified atom stereocenters. The van der Waals surface area contributed by atoms with Crippen LogP contribution in [0.2, 0.25) is 5.04 Å². The fourth-order valence-electron chi connectivity index (χ4n) is 3.46. The van der Waals surface area contributed by atoms with Crippen LogP contribution in [-0.2, 0) is 14.0 Å². The van der Waals surface area contributed by atoms with Crippen molar-refractivity contribution in [3.63, 3.8) is 0 Å². The maximum absolute atomic E-state index is 11.5. The molecule has 2 aromatic carbocycles. The summed E-state index contributed by atoms with van der Waals surface area (Å²) < 4.78 is 11.5. The fourth-order valence-corrected chi connectivity index (χ4v) is 8.02. The molecular formula is C23H30O3Si. The second-order valence-corrected chi connectivity index (χ2v) is 12.1. The van der Waals surface area contributed by atoms with Gasteiger partial charge in [-0.2, -0.15) is 0 Å². The van der Waals surface area contributed by atoms with E-state index in [9.17, 15) is 4.79 Å². The van der Waals surface area contributed by atoms with Gasteiger partial charge >= 0.3 is 5.97 Å². The number of esters is 1. The zero-order valence-corrected chi connectivity index (χ0v) is 18.0. The van der Waals surface area contributed by atoms with Crippen LogP contribution >= 0.6 is 0 Å². The molecule has 0 fully saturated rings. The number of benzene rings is 2. The number of carbonyl (C=O) groups excluding carboxylic acids is 1. The van der Waals surface area contributed by atoms with E-state index >= 15 is 0 Å². The molecule has 0 bridgehead atoms. The van der Waals surface area contributed by atoms with Crippen LogP contribution in [-0.4, -0.2) is 28.0 Å². The van der Waals surface area contributed by atoms with E-state index in [1.807, 2.05) is 19.1 Å². The minimum absolute atomic E-state index is 0.0460. The first-order valence-electron chi connectivity index (χ1n) is 9.31. The average Bonchev–Trinajstić information content (AvgIpc) is 2.65. The number of hydrogen-bond donors (Lipinski definition) is 0. The van der Waals surface area contributed by atoms with Crippen molar-refractivity contribution in [2.75, 3.05) is 13.7 Å². The molecule has 144 valence electrons. The lowest BCUT2D eigenvalue weighted by Crippen LogP contribution is -2.66. The molecule has 0 amide bonds. The van der Waals surface area contributed by atoms with E-state index in [-0.39, 0.29) is 11.0 Å². The van der Waals surface area contributed by atoms with Crippen LogP contribution in [0.15, 0.2) is 72.3 Å². The van der Waals surface area contributed by atoms with Crippen molar-refractivity contribution in [3.05, 3.63) is 72.3 Å². The molecule has 0 aliphatic rings. The maximum atomic E-state index is 11.5. The highest BCUT2D eigenvalue weighted by atomic mass is 28.4. The Morgan fingerprint density at radius 1 is 0.963 bits per heavy atom. The molecule has 0 spiro atoms. The summed E-state index contributed by atoms with van der Waals surface area (Å²) in [5.41, 5.74) is 0.958. The summed E-state index contributed by atoms with van der Waals surface area (Å²) in [5, 5.41) is 2.48. The third-order valence-corrected chi connectivity index (χ3v) is 9.84. The highest BCUT2D eigenvalue weighted by Crippen LogP contribution is 2.36. The van der Waals surface area contributed by atoms with Crippen molar-refractivity contribution in [3.8, 4) is 0 Å². The number of ether oxygens (including phenoxy) is 1. The molecule has 3 nitrogen and oxygen atoms in total. The molecule has 0 aromatic heterocycles. The molecular weight excluding hydrogens is 352 g/mol. The Bertz CT molecular complexity index is 722. The van der Waals surface area contributed by atoms with Crippen molar-refractivity contribution in [1.82, 2.24) is 0 Å². The van der Waals surface area contributed by atoms with Gasteiger partial charge in [0.1, 0.15) is 0 Å². The Kier molecular flexibility index (Phi) is 7.16. The SMILES string of the molecule is COC(=O)/C=C(/C)CCO[Si](c1ccccc1)(c1ccccc1)C(C)(C)C. The lowest BCUT2D eigenvalue weighted by atomic mass is 10.2. The Balaban J connectivity index is 2.41. The van der Waals surface area contributed by atoms with Gasteiger partial charge in [0.15, 0.2) is 0 Å². The predicted octanol–water partition coefficient (Wildman–Crippen LogP) is 4.07. The van der Waals surface area contributed by atoms with Gasteiger partial charge in [-0.05, 0) is 28.8 Å². The molecule has 0 saturated carbocycles. The monoisotopic (exact) mass is 382 g/mol. The normalized spacial score (nSPS) is 12.7. The second-order valence-electron chi connectivity index (χ2n) is 7.78. The molecule has 0 heterocycles. The first-order valence-corrected chi connectivity index (χ1v) is 11.2. The largest absolute Gasteiger partial charge is 0.466 e. The number of rotatable bonds is 7. The van der Waals surface area contributed by atoms with Gasteiger partial charge in [-0.25, -0.2) is 4.79 Å². The van der Waals surface area contributed by atoms with E-state index in [0.29, 0.717) is 13.0 Å². The van der Waals surface area contributed by atoms with Crippen molar-refractivity contribution < 1.29 is 14.0 Å². The van der Waals surface area contributed by atoms with Gasteiger partial charge in [-0.1, -0.05) is 87.0 Å². The van der Waals surface area contributed by atoms with Crippen LogP contribution in [0.5, 0.6) is 0 Å². The Labute approximate surface area is 164 Å². The van der Waals surface area contributed by atoms with Gasteiger partial charge in [-0.15, -0.1) is 0 Å². The highest BCUT2D eigenvalue weighted by molar-refractivity contribution is 6.99. The van der Waals surface area contributed by atoms with Gasteiger partial charge in [0, 0.05) is 12.7 Å². The van der Waals surface area contributed by atoms with E-state index in [0.717, 1.165) is 5.57 Å². The van der Waals surface area contributed by atoms with Crippen LogP contribution in [0.25, 0.3) is 0 Å². The van der Waals surface area contributed by atoms with Crippen LogP contribution in [0, 0.1) is 0 Å². The van der Waals surface area contributed by atoms with Crippen molar-refractivity contribution >= 4 is 24.7 Å². The summed E-state index contributed by atoms with van der Waals surface area (Å²) in [7, 11) is -1.11. The van der Waals surface area contributed by atoms with Gasteiger partial charge in [-0.3, -0.25) is 0 Å². The minimum atomic E-state index is -2.51. The lowest BCUT2D eigenvalue weighted by molar-refractivity contribution is -0.134. The molecule has 0 radical (unpaired) electrons. The van der Waals surface area contributed by atoms with Crippen molar-refractivity contribution in [2.45, 2.75) is 39.2 Å². The smallest absolute Gasteiger partial charge is 0.330 e. The minimum Gasteiger partial charge on any atom is -0.466 e. The summed E-state index contributed by atoms with van der Waals surface area (Å²) >= 11 is 0. The van der Waals surface area contributed by atoms with Gasteiger partial charge in [0.05, 0.1) is 7.11 Å². The predicted molar refractivity (Wildman–Crippen MR) is 114 cm³/mol. The molecule has 0 saturated heterocycles.